The molecule has 0 fully saturated rings. The number of aryl methyl sites for hydroxylation is 2. The number of thiophene rings is 1. The summed E-state index contributed by atoms with van der Waals surface area (Å²) in [6.07, 6.45) is 0. The average Bonchev–Trinajstić information content (AvgIpc) is 2.65. The normalized spacial score (nSPS) is 11.6. The number of benzene rings is 1. The summed E-state index contributed by atoms with van der Waals surface area (Å²) in [6.45, 7) is 3.71. The maximum absolute atomic E-state index is 12.2. The van der Waals surface area contributed by atoms with Crippen molar-refractivity contribution in [2.24, 2.45) is 0 Å². The highest BCUT2D eigenvalue weighted by Crippen LogP contribution is 2.32. The molecule has 2 aromatic rings. The lowest BCUT2D eigenvalue weighted by atomic mass is 10.2. The van der Waals surface area contributed by atoms with Crippen molar-refractivity contribution >= 4 is 54.6 Å². The lowest BCUT2D eigenvalue weighted by molar-refractivity contribution is 0.603. The van der Waals surface area contributed by atoms with Crippen molar-refractivity contribution in [3.8, 4) is 0 Å². The lowest BCUT2D eigenvalue weighted by Crippen LogP contribution is -2.11. The van der Waals surface area contributed by atoms with Crippen LogP contribution in [0, 0.1) is 13.8 Å². The van der Waals surface area contributed by atoms with Crippen molar-refractivity contribution in [2.45, 2.75) is 18.1 Å². The summed E-state index contributed by atoms with van der Waals surface area (Å²) in [7, 11) is -3.56. The molecule has 7 heteroatoms. The van der Waals surface area contributed by atoms with Crippen LogP contribution >= 0.6 is 38.9 Å². The topological polar surface area (TPSA) is 46.2 Å². The monoisotopic (exact) mass is 379 g/mol. The Labute approximate surface area is 129 Å². The second-order valence-corrected chi connectivity index (χ2v) is 8.78. The van der Waals surface area contributed by atoms with Crippen LogP contribution in [0.25, 0.3) is 0 Å². The number of sulfonamides is 1. The summed E-state index contributed by atoms with van der Waals surface area (Å²) < 4.78 is 28.0. The van der Waals surface area contributed by atoms with E-state index in [2.05, 4.69) is 20.7 Å². The average molecular weight is 381 g/mol. The van der Waals surface area contributed by atoms with Gasteiger partial charge in [-0.2, -0.15) is 0 Å². The Morgan fingerprint density at radius 2 is 1.89 bits per heavy atom. The van der Waals surface area contributed by atoms with E-state index in [4.69, 9.17) is 11.6 Å². The molecule has 19 heavy (non-hydrogen) atoms. The summed E-state index contributed by atoms with van der Waals surface area (Å²) >= 11 is 10.5. The minimum atomic E-state index is -3.56. The number of halogens is 2. The van der Waals surface area contributed by atoms with Gasteiger partial charge in [0.25, 0.3) is 10.0 Å². The van der Waals surface area contributed by atoms with Gasteiger partial charge in [0.1, 0.15) is 4.21 Å². The fourth-order valence-electron chi connectivity index (χ4n) is 1.43. The van der Waals surface area contributed by atoms with Crippen LogP contribution in [0.5, 0.6) is 0 Å². The Balaban J connectivity index is 2.33. The second-order valence-electron chi connectivity index (χ2n) is 4.09. The molecule has 0 radical (unpaired) electrons. The van der Waals surface area contributed by atoms with Crippen LogP contribution in [0.4, 0.5) is 5.69 Å². The molecule has 1 aromatic carbocycles. The molecular formula is C12H11BrClNO2S2. The first kappa shape index (κ1) is 14.8. The number of rotatable bonds is 3. The van der Waals surface area contributed by atoms with E-state index < -0.39 is 10.0 Å². The quantitative estimate of drug-likeness (QED) is 0.847. The smallest absolute Gasteiger partial charge is 0.271 e. The van der Waals surface area contributed by atoms with E-state index >= 15 is 0 Å². The Kier molecular flexibility index (Phi) is 4.25. The summed E-state index contributed by atoms with van der Waals surface area (Å²) in [6, 6.07) is 6.70. The molecule has 0 saturated heterocycles. The van der Waals surface area contributed by atoms with Gasteiger partial charge in [-0.1, -0.05) is 17.7 Å². The van der Waals surface area contributed by atoms with Gasteiger partial charge >= 0.3 is 0 Å². The third-order valence-corrected chi connectivity index (χ3v) is 6.92. The Bertz CT molecular complexity index is 706. The van der Waals surface area contributed by atoms with Gasteiger partial charge in [0.05, 0.1) is 9.47 Å². The molecule has 2 rings (SSSR count). The zero-order valence-corrected chi connectivity index (χ0v) is 14.2. The van der Waals surface area contributed by atoms with Gasteiger partial charge in [-0.3, -0.25) is 4.72 Å². The highest BCUT2D eigenvalue weighted by Gasteiger charge is 2.18. The second kappa shape index (κ2) is 5.44. The first-order valence-electron chi connectivity index (χ1n) is 5.34. The van der Waals surface area contributed by atoms with Gasteiger partial charge in [0.15, 0.2) is 0 Å². The van der Waals surface area contributed by atoms with Crippen LogP contribution in [0.3, 0.4) is 0 Å². The summed E-state index contributed by atoms with van der Waals surface area (Å²) in [5.74, 6) is 0. The van der Waals surface area contributed by atoms with Crippen molar-refractivity contribution in [3.63, 3.8) is 0 Å². The van der Waals surface area contributed by atoms with Gasteiger partial charge in [0.2, 0.25) is 0 Å². The fraction of sp³-hybridized carbons (Fsp3) is 0.167. The predicted octanol–water partition coefficient (Wildman–Crippen LogP) is 4.58. The predicted molar refractivity (Wildman–Crippen MR) is 83.8 cm³/mol. The lowest BCUT2D eigenvalue weighted by Gasteiger charge is -2.07. The minimum Gasteiger partial charge on any atom is -0.279 e. The molecule has 0 amide bonds. The Hall–Kier alpha value is -0.560. The maximum Gasteiger partial charge on any atom is 0.271 e. The molecule has 0 aliphatic heterocycles. The van der Waals surface area contributed by atoms with Crippen LogP contribution in [0.15, 0.2) is 32.3 Å². The first-order chi connectivity index (χ1) is 8.79. The van der Waals surface area contributed by atoms with Crippen LogP contribution in [0.2, 0.25) is 5.02 Å². The molecule has 1 heterocycles. The summed E-state index contributed by atoms with van der Waals surface area (Å²) in [5, 5.41) is 0.531. The third-order valence-electron chi connectivity index (χ3n) is 2.52. The van der Waals surface area contributed by atoms with E-state index in [1.165, 1.54) is 11.3 Å². The minimum absolute atomic E-state index is 0.272. The first-order valence-corrected chi connectivity index (χ1v) is 8.81. The molecule has 0 atom stereocenters. The van der Waals surface area contributed by atoms with Gasteiger partial charge in [-0.05, 0) is 59.1 Å². The van der Waals surface area contributed by atoms with Gasteiger partial charge < -0.3 is 0 Å². The van der Waals surface area contributed by atoms with Gasteiger partial charge in [-0.25, -0.2) is 8.42 Å². The zero-order chi connectivity index (χ0) is 14.2. The third kappa shape index (κ3) is 3.31. The van der Waals surface area contributed by atoms with E-state index in [-0.39, 0.29) is 4.21 Å². The Morgan fingerprint density at radius 1 is 1.21 bits per heavy atom. The summed E-state index contributed by atoms with van der Waals surface area (Å²) in [4.78, 5) is 0. The van der Waals surface area contributed by atoms with E-state index in [1.807, 2.05) is 13.8 Å². The molecule has 0 saturated carbocycles. The van der Waals surface area contributed by atoms with Crippen molar-refractivity contribution in [1.82, 2.24) is 0 Å². The molecule has 0 aliphatic rings. The van der Waals surface area contributed by atoms with E-state index in [0.717, 1.165) is 14.9 Å². The fourth-order valence-corrected chi connectivity index (χ4v) is 4.88. The molecular weight excluding hydrogens is 370 g/mol. The molecule has 0 aliphatic carbocycles. The molecule has 0 bridgehead atoms. The maximum atomic E-state index is 12.2. The van der Waals surface area contributed by atoms with Crippen LogP contribution < -0.4 is 4.72 Å². The molecule has 0 unspecified atom stereocenters. The van der Waals surface area contributed by atoms with Crippen molar-refractivity contribution in [2.75, 3.05) is 4.72 Å². The zero-order valence-electron chi connectivity index (χ0n) is 10.2. The van der Waals surface area contributed by atoms with Gasteiger partial charge in [-0.15, -0.1) is 11.3 Å². The number of hydrogen-bond donors (Lipinski definition) is 1. The van der Waals surface area contributed by atoms with Crippen LogP contribution in [-0.4, -0.2) is 8.42 Å². The molecule has 102 valence electrons. The molecule has 0 spiro atoms. The van der Waals surface area contributed by atoms with E-state index in [1.54, 1.807) is 24.3 Å². The van der Waals surface area contributed by atoms with Crippen LogP contribution in [-0.2, 0) is 10.0 Å². The van der Waals surface area contributed by atoms with Crippen molar-refractivity contribution in [1.29, 1.82) is 0 Å². The SMILES string of the molecule is Cc1ccc(NS(=O)(=O)c2cc(C)c(Br)s2)cc1Cl. The molecule has 1 aromatic heterocycles. The van der Waals surface area contributed by atoms with Crippen LogP contribution in [0.1, 0.15) is 11.1 Å². The standard InChI is InChI=1S/C12H11BrClNO2S2/c1-7-3-4-9(6-10(7)14)15-19(16,17)11-5-8(2)12(13)18-11/h3-6,15H,1-2H3. The van der Waals surface area contributed by atoms with Gasteiger partial charge in [0, 0.05) is 5.02 Å². The largest absolute Gasteiger partial charge is 0.279 e. The van der Waals surface area contributed by atoms with E-state index in [0.29, 0.717) is 10.7 Å². The molecule has 3 nitrogen and oxygen atoms in total. The van der Waals surface area contributed by atoms with Crippen molar-refractivity contribution < 1.29 is 8.42 Å². The highest BCUT2D eigenvalue weighted by molar-refractivity contribution is 9.11. The van der Waals surface area contributed by atoms with E-state index in [9.17, 15) is 8.42 Å². The molecule has 1 N–H and O–H groups in total. The number of nitrogens with one attached hydrogen (secondary N) is 1. The number of hydrogen-bond acceptors (Lipinski definition) is 3. The highest BCUT2D eigenvalue weighted by atomic mass is 79.9. The Morgan fingerprint density at radius 3 is 2.42 bits per heavy atom. The summed E-state index contributed by atoms with van der Waals surface area (Å²) in [5.41, 5.74) is 2.25. The number of anilines is 1. The van der Waals surface area contributed by atoms with Crippen molar-refractivity contribution in [3.05, 3.63) is 44.2 Å².